The molecule has 178 valence electrons. The number of anilines is 1. The van der Waals surface area contributed by atoms with Crippen molar-refractivity contribution in [1.82, 2.24) is 10.6 Å². The van der Waals surface area contributed by atoms with Crippen molar-refractivity contribution in [2.24, 2.45) is 0 Å². The van der Waals surface area contributed by atoms with Gasteiger partial charge in [-0.2, -0.15) is 0 Å². The molecule has 8 nitrogen and oxygen atoms in total. The topological polar surface area (TPSA) is 114 Å². The predicted molar refractivity (Wildman–Crippen MR) is 121 cm³/mol. The van der Waals surface area contributed by atoms with Crippen LogP contribution in [0.15, 0.2) is 71.6 Å². The summed E-state index contributed by atoms with van der Waals surface area (Å²) >= 11 is 0. The fraction of sp³-hybridized carbons (Fsp3) is 0.130. The van der Waals surface area contributed by atoms with Crippen molar-refractivity contribution in [2.45, 2.75) is 10.9 Å². The summed E-state index contributed by atoms with van der Waals surface area (Å²) in [6, 6.07) is 12.8. The quantitative estimate of drug-likeness (QED) is 0.450. The van der Waals surface area contributed by atoms with Crippen molar-refractivity contribution in [1.29, 1.82) is 0 Å². The van der Waals surface area contributed by atoms with Gasteiger partial charge in [-0.1, -0.05) is 6.07 Å². The second-order valence-electron chi connectivity index (χ2n) is 7.05. The molecular formula is C23H21F2N3O5S. The zero-order valence-electron chi connectivity index (χ0n) is 18.1. The van der Waals surface area contributed by atoms with Gasteiger partial charge in [0.15, 0.2) is 11.6 Å². The maximum absolute atomic E-state index is 13.6. The van der Waals surface area contributed by atoms with Crippen molar-refractivity contribution >= 4 is 27.5 Å². The van der Waals surface area contributed by atoms with E-state index in [9.17, 15) is 26.8 Å². The number of benzene rings is 3. The van der Waals surface area contributed by atoms with Crippen LogP contribution in [0.5, 0.6) is 5.75 Å². The molecule has 3 aromatic rings. The molecule has 0 saturated heterocycles. The predicted octanol–water partition coefficient (Wildman–Crippen LogP) is 2.99. The molecule has 3 N–H and O–H groups in total. The van der Waals surface area contributed by atoms with Crippen LogP contribution in [0.4, 0.5) is 14.5 Å². The summed E-state index contributed by atoms with van der Waals surface area (Å²) in [5.41, 5.74) is 0.414. The summed E-state index contributed by atoms with van der Waals surface area (Å²) in [5, 5.41) is 4.79. The maximum Gasteiger partial charge on any atom is 0.261 e. The minimum atomic E-state index is -3.93. The molecule has 0 spiro atoms. The van der Waals surface area contributed by atoms with Crippen molar-refractivity contribution < 1.29 is 31.5 Å². The number of amides is 2. The summed E-state index contributed by atoms with van der Waals surface area (Å²) in [5.74, 6) is -3.06. The van der Waals surface area contributed by atoms with Gasteiger partial charge in [0.25, 0.3) is 15.9 Å². The van der Waals surface area contributed by atoms with E-state index in [1.54, 1.807) is 12.1 Å². The van der Waals surface area contributed by atoms with Crippen LogP contribution in [0.2, 0.25) is 0 Å². The molecule has 3 aromatic carbocycles. The standard InChI is InChI=1S/C23H21F2N3O5S/c1-26-23(30)21(15-5-12-19(24)20(25)13-15)27-22(29)14-3-10-18(11-4-14)34(31,32)28-16-6-8-17(33-2)9-7-16/h3-13,21,28H,1-2H3,(H,26,30)(H,27,29). The molecule has 0 aliphatic carbocycles. The number of likely N-dealkylation sites (N-methyl/N-ethyl adjacent to an activating group) is 1. The Balaban J connectivity index is 1.77. The Hall–Kier alpha value is -3.99. The molecule has 0 fully saturated rings. The van der Waals surface area contributed by atoms with Gasteiger partial charge in [0.1, 0.15) is 11.8 Å². The van der Waals surface area contributed by atoms with E-state index < -0.39 is 39.5 Å². The van der Waals surface area contributed by atoms with E-state index in [2.05, 4.69) is 15.4 Å². The van der Waals surface area contributed by atoms with Gasteiger partial charge in [0.05, 0.1) is 12.0 Å². The number of sulfonamides is 1. The normalized spacial score (nSPS) is 11.9. The largest absolute Gasteiger partial charge is 0.497 e. The summed E-state index contributed by atoms with van der Waals surface area (Å²) in [6.07, 6.45) is 0. The van der Waals surface area contributed by atoms with Crippen molar-refractivity contribution in [3.8, 4) is 5.75 Å². The minimum absolute atomic E-state index is 0.0366. The van der Waals surface area contributed by atoms with Gasteiger partial charge in [-0.25, -0.2) is 17.2 Å². The lowest BCUT2D eigenvalue weighted by Gasteiger charge is -2.18. The van der Waals surface area contributed by atoms with Crippen LogP contribution in [0, 0.1) is 11.6 Å². The molecule has 0 heterocycles. The SMILES string of the molecule is CNC(=O)C(NC(=O)c1ccc(S(=O)(=O)Nc2ccc(OC)cc2)cc1)c1ccc(F)c(F)c1. The molecule has 3 rings (SSSR count). The average molecular weight is 490 g/mol. The third-order valence-corrected chi connectivity index (χ3v) is 6.23. The number of hydrogen-bond donors (Lipinski definition) is 3. The highest BCUT2D eigenvalue weighted by molar-refractivity contribution is 7.92. The second-order valence-corrected chi connectivity index (χ2v) is 8.74. The second kappa shape index (κ2) is 10.3. The van der Waals surface area contributed by atoms with E-state index in [-0.39, 0.29) is 16.0 Å². The smallest absolute Gasteiger partial charge is 0.261 e. The number of ether oxygens (including phenoxy) is 1. The van der Waals surface area contributed by atoms with E-state index >= 15 is 0 Å². The van der Waals surface area contributed by atoms with Crippen molar-refractivity contribution in [2.75, 3.05) is 18.9 Å². The van der Waals surface area contributed by atoms with Gasteiger partial charge >= 0.3 is 0 Å². The molecule has 0 bridgehead atoms. The van der Waals surface area contributed by atoms with Crippen LogP contribution in [-0.2, 0) is 14.8 Å². The Morgan fingerprint density at radius 2 is 1.56 bits per heavy atom. The minimum Gasteiger partial charge on any atom is -0.497 e. The third-order valence-electron chi connectivity index (χ3n) is 4.83. The molecule has 0 saturated carbocycles. The number of carbonyl (C=O) groups excluding carboxylic acids is 2. The fourth-order valence-electron chi connectivity index (χ4n) is 3.01. The zero-order valence-corrected chi connectivity index (χ0v) is 19.0. The Kier molecular flexibility index (Phi) is 7.47. The first-order valence-corrected chi connectivity index (χ1v) is 11.4. The lowest BCUT2D eigenvalue weighted by Crippen LogP contribution is -2.39. The molecule has 0 radical (unpaired) electrons. The first kappa shape index (κ1) is 24.6. The van der Waals surface area contributed by atoms with Crippen LogP contribution in [0.25, 0.3) is 0 Å². The molecule has 34 heavy (non-hydrogen) atoms. The fourth-order valence-corrected chi connectivity index (χ4v) is 4.07. The van der Waals surface area contributed by atoms with Gasteiger partial charge in [-0.05, 0) is 66.2 Å². The van der Waals surface area contributed by atoms with Gasteiger partial charge in [-0.15, -0.1) is 0 Å². The van der Waals surface area contributed by atoms with Crippen LogP contribution in [0.3, 0.4) is 0 Å². The average Bonchev–Trinajstić information content (AvgIpc) is 2.84. The van der Waals surface area contributed by atoms with E-state index in [1.165, 1.54) is 56.6 Å². The van der Waals surface area contributed by atoms with E-state index in [0.717, 1.165) is 12.1 Å². The van der Waals surface area contributed by atoms with E-state index in [0.29, 0.717) is 11.4 Å². The number of rotatable bonds is 8. The van der Waals surface area contributed by atoms with Crippen LogP contribution in [0.1, 0.15) is 22.0 Å². The monoisotopic (exact) mass is 489 g/mol. The first-order valence-electron chi connectivity index (χ1n) is 9.89. The van der Waals surface area contributed by atoms with E-state index in [1.807, 2.05) is 0 Å². The van der Waals surface area contributed by atoms with Gasteiger partial charge in [0, 0.05) is 18.3 Å². The van der Waals surface area contributed by atoms with Gasteiger partial charge in [-0.3, -0.25) is 14.3 Å². The Morgan fingerprint density at radius 3 is 2.12 bits per heavy atom. The molecule has 0 aliphatic heterocycles. The Morgan fingerprint density at radius 1 is 0.912 bits per heavy atom. The highest BCUT2D eigenvalue weighted by Gasteiger charge is 2.24. The third kappa shape index (κ3) is 5.67. The molecule has 1 atom stereocenters. The summed E-state index contributed by atoms with van der Waals surface area (Å²) in [4.78, 5) is 24.8. The highest BCUT2D eigenvalue weighted by atomic mass is 32.2. The van der Waals surface area contributed by atoms with Gasteiger partial charge < -0.3 is 15.4 Å². The number of nitrogens with one attached hydrogen (secondary N) is 3. The van der Waals surface area contributed by atoms with E-state index in [4.69, 9.17) is 4.74 Å². The van der Waals surface area contributed by atoms with Gasteiger partial charge in [0.2, 0.25) is 5.91 Å². The van der Waals surface area contributed by atoms with Crippen LogP contribution in [-0.4, -0.2) is 34.4 Å². The maximum atomic E-state index is 13.6. The zero-order chi connectivity index (χ0) is 24.9. The highest BCUT2D eigenvalue weighted by Crippen LogP contribution is 2.21. The lowest BCUT2D eigenvalue weighted by molar-refractivity contribution is -0.122. The molecular weight excluding hydrogens is 468 g/mol. The summed E-state index contributed by atoms with van der Waals surface area (Å²) in [6.45, 7) is 0. The molecule has 0 aromatic heterocycles. The number of methoxy groups -OCH3 is 1. The lowest BCUT2D eigenvalue weighted by atomic mass is 10.0. The number of carbonyl (C=O) groups is 2. The number of halogens is 2. The Bertz CT molecular complexity index is 1300. The van der Waals surface area contributed by atoms with Crippen molar-refractivity contribution in [3.63, 3.8) is 0 Å². The van der Waals surface area contributed by atoms with Crippen molar-refractivity contribution in [3.05, 3.63) is 89.5 Å². The summed E-state index contributed by atoms with van der Waals surface area (Å²) < 4.78 is 59.6. The number of hydrogen-bond acceptors (Lipinski definition) is 5. The molecule has 11 heteroatoms. The summed E-state index contributed by atoms with van der Waals surface area (Å²) in [7, 11) is -1.11. The Labute approximate surface area is 195 Å². The van der Waals surface area contributed by atoms with Crippen LogP contribution >= 0.6 is 0 Å². The molecule has 1 unspecified atom stereocenters. The van der Waals surface area contributed by atoms with Crippen LogP contribution < -0.4 is 20.1 Å². The molecule has 2 amide bonds. The first-order chi connectivity index (χ1) is 16.1. The molecule has 0 aliphatic rings.